The Morgan fingerprint density at radius 2 is 1.75 bits per heavy atom. The Kier molecular flexibility index (Phi) is 11.6. The SMILES string of the molecule is CCOP(=O)(CN/C=C(/CNC(=O)C(=O)c1c(C)c(C(=O)Nc2ccc(F)c(F)c2)n(C)c1C)N(C)N)OCC. The standard InChI is InChI=1S/C25H35F2N6O6P/c1-7-38-40(37,39-8-2)14-29-12-18(33(6)28)13-30-25(36)23(34)21-15(3)22(32(5)16(21)4)24(35)31-17-9-10-19(26)20(27)11-17/h9-12,29H,7-8,13-14,28H2,1-6H3,(H,30,36)(H,31,35)/b18-12-. The van der Waals surface area contributed by atoms with Gasteiger partial charge in [-0.15, -0.1) is 0 Å². The highest BCUT2D eigenvalue weighted by Crippen LogP contribution is 2.46. The topological polar surface area (TPSA) is 157 Å². The van der Waals surface area contributed by atoms with Gasteiger partial charge in [-0.1, -0.05) is 0 Å². The minimum atomic E-state index is -3.38. The fraction of sp³-hybridized carbons (Fsp3) is 0.400. The van der Waals surface area contributed by atoms with E-state index in [0.29, 0.717) is 11.4 Å². The summed E-state index contributed by atoms with van der Waals surface area (Å²) in [6.45, 7) is 6.67. The molecule has 0 saturated carbocycles. The number of amides is 2. The largest absolute Gasteiger partial charge is 0.378 e. The van der Waals surface area contributed by atoms with Crippen molar-refractivity contribution in [2.45, 2.75) is 27.7 Å². The van der Waals surface area contributed by atoms with E-state index in [2.05, 4.69) is 16.0 Å². The van der Waals surface area contributed by atoms with Crippen LogP contribution < -0.4 is 21.8 Å². The molecule has 0 atom stereocenters. The van der Waals surface area contributed by atoms with Gasteiger partial charge in [-0.25, -0.2) is 14.6 Å². The number of rotatable bonds is 14. The molecule has 0 radical (unpaired) electrons. The van der Waals surface area contributed by atoms with Crippen LogP contribution in [0.15, 0.2) is 30.1 Å². The Morgan fingerprint density at radius 1 is 1.12 bits per heavy atom. The molecule has 5 N–H and O–H groups in total. The molecule has 2 amide bonds. The van der Waals surface area contributed by atoms with Crippen LogP contribution in [0.4, 0.5) is 14.5 Å². The molecule has 0 unspecified atom stereocenters. The van der Waals surface area contributed by atoms with Crippen molar-refractivity contribution in [3.05, 3.63) is 64.2 Å². The van der Waals surface area contributed by atoms with E-state index in [-0.39, 0.29) is 48.6 Å². The van der Waals surface area contributed by atoms with Crippen LogP contribution in [0, 0.1) is 25.5 Å². The van der Waals surface area contributed by atoms with E-state index in [1.165, 1.54) is 42.9 Å². The Balaban J connectivity index is 2.16. The number of aromatic nitrogens is 1. The average Bonchev–Trinajstić information content (AvgIpc) is 3.10. The number of likely N-dealkylation sites (N-methyl/N-ethyl adjacent to an activating group) is 1. The Labute approximate surface area is 231 Å². The molecule has 1 heterocycles. The third-order valence-electron chi connectivity index (χ3n) is 5.84. The summed E-state index contributed by atoms with van der Waals surface area (Å²) in [6, 6.07) is 2.90. The van der Waals surface area contributed by atoms with Gasteiger partial charge in [0.15, 0.2) is 11.6 Å². The number of halogens is 2. The summed E-state index contributed by atoms with van der Waals surface area (Å²) in [5, 5.41) is 8.95. The van der Waals surface area contributed by atoms with Crippen LogP contribution in [0.5, 0.6) is 0 Å². The van der Waals surface area contributed by atoms with E-state index in [0.717, 1.165) is 12.1 Å². The number of nitrogens with two attached hydrogens (primary N) is 1. The molecule has 0 aliphatic heterocycles. The Bertz CT molecular complexity index is 1330. The van der Waals surface area contributed by atoms with Gasteiger partial charge in [0.25, 0.3) is 17.6 Å². The highest BCUT2D eigenvalue weighted by atomic mass is 31.2. The van der Waals surface area contributed by atoms with Gasteiger partial charge in [0.2, 0.25) is 0 Å². The first-order chi connectivity index (χ1) is 18.8. The van der Waals surface area contributed by atoms with E-state index >= 15 is 0 Å². The number of carbonyl (C=O) groups excluding carboxylic acids is 3. The van der Waals surface area contributed by atoms with Crippen molar-refractivity contribution in [3.8, 4) is 0 Å². The maximum atomic E-state index is 13.6. The quantitative estimate of drug-likeness (QED) is 0.0862. The van der Waals surface area contributed by atoms with Gasteiger partial charge < -0.3 is 34.6 Å². The fourth-order valence-electron chi connectivity index (χ4n) is 3.84. The van der Waals surface area contributed by atoms with Crippen molar-refractivity contribution in [2.75, 3.05) is 38.4 Å². The van der Waals surface area contributed by atoms with Gasteiger partial charge in [-0.2, -0.15) is 0 Å². The molecule has 0 fully saturated rings. The summed E-state index contributed by atoms with van der Waals surface area (Å²) >= 11 is 0. The summed E-state index contributed by atoms with van der Waals surface area (Å²) in [6.07, 6.45) is 1.27. The lowest BCUT2D eigenvalue weighted by Crippen LogP contribution is -2.38. The van der Waals surface area contributed by atoms with E-state index in [1.54, 1.807) is 20.8 Å². The normalized spacial score (nSPS) is 11.8. The maximum absolute atomic E-state index is 13.6. The van der Waals surface area contributed by atoms with Crippen molar-refractivity contribution in [1.82, 2.24) is 20.2 Å². The summed E-state index contributed by atoms with van der Waals surface area (Å²) in [5.74, 6) is 1.12. The second kappa shape index (κ2) is 14.2. The first-order valence-corrected chi connectivity index (χ1v) is 14.0. The third-order valence-corrected chi connectivity index (χ3v) is 7.72. The van der Waals surface area contributed by atoms with Crippen LogP contribution in [0.25, 0.3) is 0 Å². The summed E-state index contributed by atoms with van der Waals surface area (Å²) in [7, 11) is -0.328. The molecule has 12 nitrogen and oxygen atoms in total. The zero-order chi connectivity index (χ0) is 30.2. The Morgan fingerprint density at radius 3 is 2.30 bits per heavy atom. The monoisotopic (exact) mass is 584 g/mol. The molecule has 0 saturated heterocycles. The minimum absolute atomic E-state index is 0.0190. The molecule has 15 heteroatoms. The van der Waals surface area contributed by atoms with Gasteiger partial charge in [-0.3, -0.25) is 18.9 Å². The molecule has 0 aliphatic rings. The molecule has 2 aromatic rings. The number of Topliss-reactive ketones (excluding diaryl/α,β-unsaturated/α-hetero) is 1. The van der Waals surface area contributed by atoms with Crippen LogP contribution in [-0.4, -0.2) is 60.3 Å². The summed E-state index contributed by atoms with van der Waals surface area (Å²) < 4.78 is 51.2. The van der Waals surface area contributed by atoms with Gasteiger partial charge in [0.1, 0.15) is 12.0 Å². The Hall–Kier alpha value is -3.58. The number of hydrazine groups is 1. The first-order valence-electron chi connectivity index (χ1n) is 12.3. The molecule has 1 aromatic carbocycles. The number of hydrogen-bond donors (Lipinski definition) is 4. The number of nitrogens with zero attached hydrogens (tertiary/aromatic N) is 2. The van der Waals surface area contributed by atoms with Crippen molar-refractivity contribution in [2.24, 2.45) is 12.9 Å². The molecular formula is C25H35F2N6O6P. The van der Waals surface area contributed by atoms with Crippen molar-refractivity contribution in [1.29, 1.82) is 0 Å². The number of benzene rings is 1. The molecule has 0 bridgehead atoms. The summed E-state index contributed by atoms with van der Waals surface area (Å²) in [4.78, 5) is 38.8. The number of anilines is 1. The second-order valence-electron chi connectivity index (χ2n) is 8.64. The molecule has 1 aromatic heterocycles. The third kappa shape index (κ3) is 7.98. The molecular weight excluding hydrogens is 549 g/mol. The van der Waals surface area contributed by atoms with Gasteiger partial charge >= 0.3 is 7.60 Å². The fourth-order valence-corrected chi connectivity index (χ4v) is 5.20. The molecule has 220 valence electrons. The highest BCUT2D eigenvalue weighted by molar-refractivity contribution is 7.53. The van der Waals surface area contributed by atoms with Gasteiger partial charge in [0.05, 0.1) is 31.0 Å². The average molecular weight is 585 g/mol. The van der Waals surface area contributed by atoms with Crippen molar-refractivity contribution >= 4 is 30.9 Å². The van der Waals surface area contributed by atoms with Gasteiger partial charge in [0, 0.05) is 37.7 Å². The predicted molar refractivity (Wildman–Crippen MR) is 145 cm³/mol. The maximum Gasteiger partial charge on any atom is 0.349 e. The van der Waals surface area contributed by atoms with Crippen molar-refractivity contribution in [3.63, 3.8) is 0 Å². The lowest BCUT2D eigenvalue weighted by molar-refractivity contribution is -0.116. The lowest BCUT2D eigenvalue weighted by atomic mass is 10.0. The van der Waals surface area contributed by atoms with Crippen LogP contribution in [0.1, 0.15) is 46.0 Å². The second-order valence-corrected chi connectivity index (χ2v) is 10.7. The van der Waals surface area contributed by atoms with Gasteiger partial charge in [-0.05, 0) is 45.4 Å². The van der Waals surface area contributed by atoms with E-state index in [9.17, 15) is 27.7 Å². The molecule has 40 heavy (non-hydrogen) atoms. The number of hydrogen-bond acceptors (Lipinski definition) is 9. The van der Waals surface area contributed by atoms with Crippen LogP contribution in [0.2, 0.25) is 0 Å². The van der Waals surface area contributed by atoms with Crippen LogP contribution in [0.3, 0.4) is 0 Å². The molecule has 0 spiro atoms. The van der Waals surface area contributed by atoms with E-state index < -0.39 is 36.8 Å². The van der Waals surface area contributed by atoms with Crippen LogP contribution in [-0.2, 0) is 25.5 Å². The first kappa shape index (κ1) is 32.6. The number of ketones is 1. The van der Waals surface area contributed by atoms with Crippen molar-refractivity contribution < 1.29 is 36.8 Å². The van der Waals surface area contributed by atoms with Crippen LogP contribution >= 0.6 is 7.60 Å². The zero-order valence-electron chi connectivity index (χ0n) is 23.3. The lowest BCUT2D eigenvalue weighted by Gasteiger charge is -2.20. The molecule has 0 aliphatic carbocycles. The number of nitrogens with one attached hydrogen (secondary N) is 3. The smallest absolute Gasteiger partial charge is 0.349 e. The zero-order valence-corrected chi connectivity index (χ0v) is 24.2. The highest BCUT2D eigenvalue weighted by Gasteiger charge is 2.29. The van der Waals surface area contributed by atoms with E-state index in [1.807, 2.05) is 0 Å². The minimum Gasteiger partial charge on any atom is -0.378 e. The summed E-state index contributed by atoms with van der Waals surface area (Å²) in [5.41, 5.74) is 1.03. The predicted octanol–water partition coefficient (Wildman–Crippen LogP) is 2.93. The molecule has 2 rings (SSSR count). The number of carbonyl (C=O) groups is 3. The van der Waals surface area contributed by atoms with E-state index in [4.69, 9.17) is 14.9 Å².